The van der Waals surface area contributed by atoms with Crippen molar-refractivity contribution in [1.82, 2.24) is 4.90 Å². The van der Waals surface area contributed by atoms with Gasteiger partial charge in [0.05, 0.1) is 0 Å². The second kappa shape index (κ2) is 6.48. The highest BCUT2D eigenvalue weighted by atomic mass is 32.2. The van der Waals surface area contributed by atoms with Gasteiger partial charge in [0.1, 0.15) is 0 Å². The summed E-state index contributed by atoms with van der Waals surface area (Å²) in [5.74, 6) is -0.00579. The van der Waals surface area contributed by atoms with Crippen LogP contribution in [0.5, 0.6) is 0 Å². The number of hydrogen-bond donors (Lipinski definition) is 0. The molecule has 1 unspecified atom stereocenters. The van der Waals surface area contributed by atoms with Crippen molar-refractivity contribution < 1.29 is 9.00 Å². The van der Waals surface area contributed by atoms with Crippen LogP contribution in [0.3, 0.4) is 0 Å². The zero-order valence-electron chi connectivity index (χ0n) is 11.6. The molecule has 0 fully saturated rings. The lowest BCUT2D eigenvalue weighted by atomic mass is 10.1. The van der Waals surface area contributed by atoms with Crippen LogP contribution in [0.1, 0.15) is 15.9 Å². The first-order valence-electron chi connectivity index (χ1n) is 6.31. The van der Waals surface area contributed by atoms with Crippen molar-refractivity contribution in [3.8, 4) is 0 Å². The maximum Gasteiger partial charge on any atom is 0.253 e. The van der Waals surface area contributed by atoms with E-state index in [0.29, 0.717) is 12.1 Å². The van der Waals surface area contributed by atoms with E-state index in [1.807, 2.05) is 54.6 Å². The molecule has 0 aromatic heterocycles. The molecule has 0 aliphatic heterocycles. The number of hydrogen-bond acceptors (Lipinski definition) is 2. The Morgan fingerprint density at radius 3 is 2.20 bits per heavy atom. The Hall–Kier alpha value is -1.94. The number of nitrogens with zero attached hydrogens (tertiary/aromatic N) is 1. The highest BCUT2D eigenvalue weighted by Crippen LogP contribution is 2.11. The lowest BCUT2D eigenvalue weighted by Gasteiger charge is -2.17. The summed E-state index contributed by atoms with van der Waals surface area (Å²) in [4.78, 5) is 14.7. The minimum atomic E-state index is -0.969. The average molecular weight is 287 g/mol. The number of amides is 1. The molecule has 1 amide bonds. The minimum absolute atomic E-state index is 0.00579. The second-order valence-electron chi connectivity index (χ2n) is 4.63. The van der Waals surface area contributed by atoms with Gasteiger partial charge in [-0.1, -0.05) is 30.3 Å². The van der Waals surface area contributed by atoms with Crippen molar-refractivity contribution in [2.24, 2.45) is 0 Å². The molecule has 1 atom stereocenters. The van der Waals surface area contributed by atoms with Gasteiger partial charge >= 0.3 is 0 Å². The fraction of sp³-hybridized carbons (Fsp3) is 0.188. The number of rotatable bonds is 4. The molecule has 4 heteroatoms. The molecule has 0 saturated heterocycles. The second-order valence-corrected chi connectivity index (χ2v) is 6.00. The van der Waals surface area contributed by atoms with Gasteiger partial charge in [0.25, 0.3) is 5.91 Å². The first-order valence-corrected chi connectivity index (χ1v) is 7.86. The standard InChI is InChI=1S/C16H17NO2S/c1-17(16(18)14-6-4-3-5-7-14)12-13-8-10-15(11-9-13)20(2)19/h3-11H,12H2,1-2H3. The first-order chi connectivity index (χ1) is 9.58. The lowest BCUT2D eigenvalue weighted by Crippen LogP contribution is -2.26. The fourth-order valence-corrected chi connectivity index (χ4v) is 2.45. The Balaban J connectivity index is 2.06. The van der Waals surface area contributed by atoms with Gasteiger partial charge in [-0.15, -0.1) is 0 Å². The van der Waals surface area contributed by atoms with Crippen molar-refractivity contribution in [3.63, 3.8) is 0 Å². The normalized spacial score (nSPS) is 11.9. The van der Waals surface area contributed by atoms with E-state index in [0.717, 1.165) is 10.5 Å². The van der Waals surface area contributed by atoms with Crippen LogP contribution in [0.15, 0.2) is 59.5 Å². The minimum Gasteiger partial charge on any atom is -0.337 e. The summed E-state index contributed by atoms with van der Waals surface area (Å²) in [5, 5.41) is 0. The average Bonchev–Trinajstić information content (AvgIpc) is 2.48. The molecule has 2 aromatic carbocycles. The van der Waals surface area contributed by atoms with Gasteiger partial charge in [-0.25, -0.2) is 0 Å². The summed E-state index contributed by atoms with van der Waals surface area (Å²) < 4.78 is 11.3. The molecule has 0 aliphatic rings. The Morgan fingerprint density at radius 2 is 1.65 bits per heavy atom. The Bertz CT molecular complexity index is 608. The van der Waals surface area contributed by atoms with Gasteiger partial charge in [0.15, 0.2) is 0 Å². The predicted molar refractivity (Wildman–Crippen MR) is 81.0 cm³/mol. The maximum atomic E-state index is 12.2. The highest BCUT2D eigenvalue weighted by molar-refractivity contribution is 7.84. The Kier molecular flexibility index (Phi) is 4.69. The first kappa shape index (κ1) is 14.5. The molecule has 2 rings (SSSR count). The van der Waals surface area contributed by atoms with E-state index >= 15 is 0 Å². The largest absolute Gasteiger partial charge is 0.337 e. The van der Waals surface area contributed by atoms with E-state index in [-0.39, 0.29) is 5.91 Å². The number of benzene rings is 2. The summed E-state index contributed by atoms with van der Waals surface area (Å²) in [6, 6.07) is 16.7. The third kappa shape index (κ3) is 3.54. The SMILES string of the molecule is CN(Cc1ccc(S(C)=O)cc1)C(=O)c1ccccc1. The summed E-state index contributed by atoms with van der Waals surface area (Å²) >= 11 is 0. The third-order valence-electron chi connectivity index (χ3n) is 3.04. The topological polar surface area (TPSA) is 37.4 Å². The van der Waals surface area contributed by atoms with Gasteiger partial charge < -0.3 is 4.90 Å². The zero-order valence-corrected chi connectivity index (χ0v) is 12.4. The van der Waals surface area contributed by atoms with Crippen LogP contribution in [0.25, 0.3) is 0 Å². The smallest absolute Gasteiger partial charge is 0.253 e. The van der Waals surface area contributed by atoms with Gasteiger partial charge in [-0.3, -0.25) is 9.00 Å². The quantitative estimate of drug-likeness (QED) is 0.867. The van der Waals surface area contributed by atoms with Gasteiger partial charge in [-0.05, 0) is 29.8 Å². The van der Waals surface area contributed by atoms with Crippen molar-refractivity contribution >= 4 is 16.7 Å². The van der Waals surface area contributed by atoms with Crippen LogP contribution >= 0.6 is 0 Å². The third-order valence-corrected chi connectivity index (χ3v) is 3.98. The number of carbonyl (C=O) groups is 1. The molecule has 3 nitrogen and oxygen atoms in total. The van der Waals surface area contributed by atoms with E-state index in [9.17, 15) is 9.00 Å². The van der Waals surface area contributed by atoms with E-state index in [1.165, 1.54) is 0 Å². The van der Waals surface area contributed by atoms with Crippen LogP contribution in [-0.4, -0.2) is 28.3 Å². The van der Waals surface area contributed by atoms with E-state index in [1.54, 1.807) is 18.2 Å². The molecule has 0 spiro atoms. The molecule has 0 bridgehead atoms. The van der Waals surface area contributed by atoms with Gasteiger partial charge in [0.2, 0.25) is 0 Å². The van der Waals surface area contributed by atoms with Crippen molar-refractivity contribution in [2.75, 3.05) is 13.3 Å². The Labute approximate surface area is 121 Å². The zero-order chi connectivity index (χ0) is 14.5. The van der Waals surface area contributed by atoms with E-state index in [2.05, 4.69) is 0 Å². The molecule has 0 saturated carbocycles. The van der Waals surface area contributed by atoms with Crippen molar-refractivity contribution in [1.29, 1.82) is 0 Å². The highest BCUT2D eigenvalue weighted by Gasteiger charge is 2.11. The summed E-state index contributed by atoms with van der Waals surface area (Å²) in [6.07, 6.45) is 1.65. The van der Waals surface area contributed by atoms with Crippen LogP contribution in [-0.2, 0) is 17.3 Å². The molecule has 0 N–H and O–H groups in total. The molecule has 2 aromatic rings. The summed E-state index contributed by atoms with van der Waals surface area (Å²) in [6.45, 7) is 0.532. The molecular weight excluding hydrogens is 270 g/mol. The summed E-state index contributed by atoms with van der Waals surface area (Å²) in [7, 11) is 0.810. The molecule has 0 aliphatic carbocycles. The fourth-order valence-electron chi connectivity index (χ4n) is 1.93. The monoisotopic (exact) mass is 287 g/mol. The van der Waals surface area contributed by atoms with Crippen LogP contribution in [0, 0.1) is 0 Å². The van der Waals surface area contributed by atoms with Crippen LogP contribution in [0.2, 0.25) is 0 Å². The van der Waals surface area contributed by atoms with Crippen LogP contribution < -0.4 is 0 Å². The maximum absolute atomic E-state index is 12.2. The van der Waals surface area contributed by atoms with Crippen molar-refractivity contribution in [3.05, 3.63) is 65.7 Å². The molecule has 0 radical (unpaired) electrons. The number of carbonyl (C=O) groups excluding carboxylic acids is 1. The lowest BCUT2D eigenvalue weighted by molar-refractivity contribution is 0.0785. The molecule has 20 heavy (non-hydrogen) atoms. The summed E-state index contributed by atoms with van der Waals surface area (Å²) in [5.41, 5.74) is 1.70. The van der Waals surface area contributed by atoms with Crippen LogP contribution in [0.4, 0.5) is 0 Å². The van der Waals surface area contributed by atoms with E-state index < -0.39 is 10.8 Å². The molecule has 104 valence electrons. The van der Waals surface area contributed by atoms with Crippen molar-refractivity contribution in [2.45, 2.75) is 11.4 Å². The molecular formula is C16H17NO2S. The molecule has 0 heterocycles. The van der Waals surface area contributed by atoms with Gasteiger partial charge in [-0.2, -0.15) is 0 Å². The van der Waals surface area contributed by atoms with E-state index in [4.69, 9.17) is 0 Å². The predicted octanol–water partition coefficient (Wildman–Crippen LogP) is 2.70. The van der Waals surface area contributed by atoms with Gasteiger partial charge in [0, 0.05) is 41.1 Å². The Morgan fingerprint density at radius 1 is 1.05 bits per heavy atom.